The molecule has 1 aliphatic rings. The van der Waals surface area contributed by atoms with Gasteiger partial charge in [-0.15, -0.1) is 0 Å². The maximum Gasteiger partial charge on any atom is 0.0701 e. The van der Waals surface area contributed by atoms with E-state index in [9.17, 15) is 5.11 Å². The predicted octanol–water partition coefficient (Wildman–Crippen LogP) is 2.76. The largest absolute Gasteiger partial charge is 0.392 e. The van der Waals surface area contributed by atoms with Crippen molar-refractivity contribution in [3.8, 4) is 0 Å². The van der Waals surface area contributed by atoms with Gasteiger partial charge in [0.25, 0.3) is 0 Å². The predicted molar refractivity (Wildman–Crippen MR) is 73.6 cm³/mol. The molecular formula is C16H17NO. The van der Waals surface area contributed by atoms with E-state index in [0.717, 1.165) is 24.1 Å². The Hall–Kier alpha value is -1.80. The van der Waals surface area contributed by atoms with Gasteiger partial charge in [0.15, 0.2) is 0 Å². The summed E-state index contributed by atoms with van der Waals surface area (Å²) >= 11 is 0. The van der Waals surface area contributed by atoms with Crippen LogP contribution in [0.5, 0.6) is 0 Å². The van der Waals surface area contributed by atoms with Crippen LogP contribution in [0.3, 0.4) is 0 Å². The second-order valence-electron chi connectivity index (χ2n) is 4.83. The van der Waals surface area contributed by atoms with E-state index < -0.39 is 0 Å². The van der Waals surface area contributed by atoms with Crippen molar-refractivity contribution in [1.82, 2.24) is 0 Å². The molecule has 2 nitrogen and oxygen atoms in total. The number of para-hydroxylation sites is 1. The van der Waals surface area contributed by atoms with Gasteiger partial charge in [0, 0.05) is 17.3 Å². The molecule has 0 aliphatic heterocycles. The summed E-state index contributed by atoms with van der Waals surface area (Å²) in [6.45, 7) is 0.0862. The van der Waals surface area contributed by atoms with Gasteiger partial charge < -0.3 is 10.4 Å². The van der Waals surface area contributed by atoms with Gasteiger partial charge in [-0.25, -0.2) is 0 Å². The Labute approximate surface area is 107 Å². The molecular weight excluding hydrogens is 222 g/mol. The third-order valence-electron chi connectivity index (χ3n) is 3.60. The summed E-state index contributed by atoms with van der Waals surface area (Å²) < 4.78 is 0. The monoisotopic (exact) mass is 239 g/mol. The van der Waals surface area contributed by atoms with Crippen molar-refractivity contribution < 1.29 is 5.11 Å². The molecule has 1 aliphatic carbocycles. The lowest BCUT2D eigenvalue weighted by atomic mass is 10.1. The fourth-order valence-electron chi connectivity index (χ4n) is 2.68. The third-order valence-corrected chi connectivity index (χ3v) is 3.60. The molecule has 18 heavy (non-hydrogen) atoms. The van der Waals surface area contributed by atoms with E-state index >= 15 is 0 Å². The molecule has 0 spiro atoms. The average molecular weight is 239 g/mol. The topological polar surface area (TPSA) is 32.3 Å². The number of anilines is 1. The Bertz CT molecular complexity index is 525. The van der Waals surface area contributed by atoms with Gasteiger partial charge in [-0.2, -0.15) is 0 Å². The molecule has 3 rings (SSSR count). The molecule has 0 heterocycles. The standard InChI is InChI=1S/C16H17NO/c18-11-14-7-3-4-8-16(14)17-15-9-12-5-1-2-6-13(12)10-15/h1-8,15,17-18H,9-11H2. The van der Waals surface area contributed by atoms with Gasteiger partial charge >= 0.3 is 0 Å². The van der Waals surface area contributed by atoms with Crippen LogP contribution in [-0.2, 0) is 19.4 Å². The van der Waals surface area contributed by atoms with Crippen LogP contribution in [0.4, 0.5) is 5.69 Å². The first-order valence-corrected chi connectivity index (χ1v) is 6.39. The van der Waals surface area contributed by atoms with Crippen LogP contribution in [0.1, 0.15) is 16.7 Å². The lowest BCUT2D eigenvalue weighted by Gasteiger charge is -2.16. The zero-order valence-electron chi connectivity index (χ0n) is 10.3. The quantitative estimate of drug-likeness (QED) is 0.863. The van der Waals surface area contributed by atoms with Gasteiger partial charge in [0.1, 0.15) is 0 Å². The van der Waals surface area contributed by atoms with E-state index in [-0.39, 0.29) is 6.61 Å². The first kappa shape index (κ1) is 11.3. The number of benzene rings is 2. The van der Waals surface area contributed by atoms with Crippen molar-refractivity contribution in [1.29, 1.82) is 0 Å². The molecule has 0 aromatic heterocycles. The van der Waals surface area contributed by atoms with Gasteiger partial charge in [0.2, 0.25) is 0 Å². The molecule has 92 valence electrons. The summed E-state index contributed by atoms with van der Waals surface area (Å²) in [5.74, 6) is 0. The van der Waals surface area contributed by atoms with E-state index in [1.807, 2.05) is 24.3 Å². The summed E-state index contributed by atoms with van der Waals surface area (Å²) in [4.78, 5) is 0. The zero-order valence-corrected chi connectivity index (χ0v) is 10.3. The molecule has 2 aromatic carbocycles. The van der Waals surface area contributed by atoms with Crippen LogP contribution in [0, 0.1) is 0 Å². The van der Waals surface area contributed by atoms with Crippen molar-refractivity contribution in [3.05, 3.63) is 65.2 Å². The first-order chi connectivity index (χ1) is 8.86. The number of rotatable bonds is 3. The number of nitrogens with one attached hydrogen (secondary N) is 1. The van der Waals surface area contributed by atoms with Gasteiger partial charge in [-0.1, -0.05) is 42.5 Å². The fraction of sp³-hybridized carbons (Fsp3) is 0.250. The highest BCUT2D eigenvalue weighted by atomic mass is 16.3. The summed E-state index contributed by atoms with van der Waals surface area (Å²) in [5.41, 5.74) is 4.90. The summed E-state index contributed by atoms with van der Waals surface area (Å²) in [6.07, 6.45) is 2.13. The molecule has 0 saturated carbocycles. The third kappa shape index (κ3) is 2.12. The van der Waals surface area contributed by atoms with Crippen molar-refractivity contribution in [2.45, 2.75) is 25.5 Å². The summed E-state index contributed by atoms with van der Waals surface area (Å²) in [6, 6.07) is 17.0. The van der Waals surface area contributed by atoms with E-state index in [4.69, 9.17) is 0 Å². The molecule has 2 heteroatoms. The molecule has 2 aromatic rings. The highest BCUT2D eigenvalue weighted by Crippen LogP contribution is 2.25. The van der Waals surface area contributed by atoms with Gasteiger partial charge in [-0.3, -0.25) is 0 Å². The summed E-state index contributed by atoms with van der Waals surface area (Å²) in [7, 11) is 0. The average Bonchev–Trinajstić information content (AvgIpc) is 2.81. The highest BCUT2D eigenvalue weighted by molar-refractivity contribution is 5.52. The number of hydrogen-bond donors (Lipinski definition) is 2. The molecule has 0 fully saturated rings. The van der Waals surface area contributed by atoms with E-state index in [0.29, 0.717) is 6.04 Å². The van der Waals surface area contributed by atoms with Crippen molar-refractivity contribution in [2.75, 3.05) is 5.32 Å². The Morgan fingerprint density at radius 2 is 1.56 bits per heavy atom. The molecule has 0 atom stereocenters. The number of aliphatic hydroxyl groups is 1. The highest BCUT2D eigenvalue weighted by Gasteiger charge is 2.20. The SMILES string of the molecule is OCc1ccccc1NC1Cc2ccccc2C1. The second kappa shape index (κ2) is 4.83. The van der Waals surface area contributed by atoms with Gasteiger partial charge in [0.05, 0.1) is 6.61 Å². The number of aliphatic hydroxyl groups excluding tert-OH is 1. The summed E-state index contributed by atoms with van der Waals surface area (Å²) in [5, 5.41) is 12.9. The molecule has 0 amide bonds. The Morgan fingerprint density at radius 3 is 2.22 bits per heavy atom. The maximum atomic E-state index is 9.33. The van der Waals surface area contributed by atoms with Crippen LogP contribution in [-0.4, -0.2) is 11.1 Å². The molecule has 0 saturated heterocycles. The minimum atomic E-state index is 0.0862. The zero-order chi connectivity index (χ0) is 12.4. The van der Waals surface area contributed by atoms with Crippen LogP contribution in [0.2, 0.25) is 0 Å². The molecule has 2 N–H and O–H groups in total. The molecule has 0 unspecified atom stereocenters. The van der Waals surface area contributed by atoms with Crippen LogP contribution in [0.15, 0.2) is 48.5 Å². The van der Waals surface area contributed by atoms with Crippen LogP contribution in [0.25, 0.3) is 0 Å². The van der Waals surface area contributed by atoms with E-state index in [2.05, 4.69) is 29.6 Å². The van der Waals surface area contributed by atoms with Crippen molar-refractivity contribution in [3.63, 3.8) is 0 Å². The van der Waals surface area contributed by atoms with Crippen LogP contribution >= 0.6 is 0 Å². The Kier molecular flexibility index (Phi) is 3.03. The number of hydrogen-bond acceptors (Lipinski definition) is 2. The minimum Gasteiger partial charge on any atom is -0.392 e. The lowest BCUT2D eigenvalue weighted by Crippen LogP contribution is -2.20. The number of fused-ring (bicyclic) bond motifs is 1. The van der Waals surface area contributed by atoms with Crippen LogP contribution < -0.4 is 5.32 Å². The van der Waals surface area contributed by atoms with E-state index in [1.165, 1.54) is 11.1 Å². The maximum absolute atomic E-state index is 9.33. The van der Waals surface area contributed by atoms with Gasteiger partial charge in [-0.05, 0) is 30.0 Å². The molecule has 0 radical (unpaired) electrons. The lowest BCUT2D eigenvalue weighted by molar-refractivity contribution is 0.282. The van der Waals surface area contributed by atoms with Crippen molar-refractivity contribution >= 4 is 5.69 Å². The fourth-order valence-corrected chi connectivity index (χ4v) is 2.68. The Balaban J connectivity index is 1.76. The Morgan fingerprint density at radius 1 is 0.944 bits per heavy atom. The second-order valence-corrected chi connectivity index (χ2v) is 4.83. The molecule has 0 bridgehead atoms. The smallest absolute Gasteiger partial charge is 0.0701 e. The minimum absolute atomic E-state index is 0.0862. The first-order valence-electron chi connectivity index (χ1n) is 6.39. The van der Waals surface area contributed by atoms with Crippen molar-refractivity contribution in [2.24, 2.45) is 0 Å². The van der Waals surface area contributed by atoms with E-state index in [1.54, 1.807) is 0 Å². The normalized spacial score (nSPS) is 14.5.